The van der Waals surface area contributed by atoms with Crippen LogP contribution in [-0.2, 0) is 6.18 Å². The fourth-order valence-corrected chi connectivity index (χ4v) is 3.96. The van der Waals surface area contributed by atoms with E-state index in [0.29, 0.717) is 22.3 Å². The molecule has 36 heavy (non-hydrogen) atoms. The van der Waals surface area contributed by atoms with Gasteiger partial charge < -0.3 is 11.1 Å². The van der Waals surface area contributed by atoms with Crippen LogP contribution in [0.4, 0.5) is 19.1 Å². The van der Waals surface area contributed by atoms with Crippen LogP contribution < -0.4 is 11.1 Å². The molecule has 0 fully saturated rings. The fraction of sp³-hybridized carbons (Fsp3) is 0.375. The standard InChI is InChI=1S/C24H27F3N8O/c1-5-14(4)31-22(36)18-8-16(9-20-32-23(28)33-35(18)20)17-11-30-34(12-17)21(13(2)3)15-6-7-19(29-10-15)24(25,26)27/h6-14,21H,5H2,1-4H3,(H2,28,33)(H,31,36)/t14-,21-/m0/s1. The number of anilines is 1. The molecular formula is C24H27F3N8O. The van der Waals surface area contributed by atoms with Crippen LogP contribution in [0.1, 0.15) is 61.9 Å². The van der Waals surface area contributed by atoms with Gasteiger partial charge in [-0.05, 0) is 48.6 Å². The second kappa shape index (κ2) is 9.59. The monoisotopic (exact) mass is 500 g/mol. The number of amides is 1. The van der Waals surface area contributed by atoms with Crippen LogP contribution >= 0.6 is 0 Å². The number of nitrogens with two attached hydrogens (primary N) is 1. The first kappa shape index (κ1) is 25.1. The summed E-state index contributed by atoms with van der Waals surface area (Å²) < 4.78 is 42.0. The number of rotatable bonds is 7. The second-order valence-electron chi connectivity index (χ2n) is 9.02. The van der Waals surface area contributed by atoms with E-state index in [1.165, 1.54) is 16.8 Å². The minimum absolute atomic E-state index is 0.00642. The van der Waals surface area contributed by atoms with Gasteiger partial charge in [-0.1, -0.05) is 26.8 Å². The number of aromatic nitrogens is 6. The maximum absolute atomic E-state index is 13.0. The molecular weight excluding hydrogens is 473 g/mol. The van der Waals surface area contributed by atoms with Crippen LogP contribution in [0.5, 0.6) is 0 Å². The molecule has 4 rings (SSSR count). The number of pyridine rings is 2. The summed E-state index contributed by atoms with van der Waals surface area (Å²) in [6, 6.07) is 5.43. The van der Waals surface area contributed by atoms with Gasteiger partial charge in [0.05, 0.1) is 12.2 Å². The van der Waals surface area contributed by atoms with E-state index >= 15 is 0 Å². The Bertz CT molecular complexity index is 1370. The molecule has 0 aliphatic heterocycles. The lowest BCUT2D eigenvalue weighted by molar-refractivity contribution is -0.141. The van der Waals surface area contributed by atoms with Crippen molar-refractivity contribution in [3.8, 4) is 11.1 Å². The van der Waals surface area contributed by atoms with Gasteiger partial charge in [0.25, 0.3) is 5.91 Å². The zero-order valence-electron chi connectivity index (χ0n) is 20.3. The minimum Gasteiger partial charge on any atom is -0.366 e. The molecule has 0 saturated heterocycles. The van der Waals surface area contributed by atoms with E-state index in [1.54, 1.807) is 29.2 Å². The average Bonchev–Trinajstić information content (AvgIpc) is 3.44. The fourth-order valence-electron chi connectivity index (χ4n) is 3.96. The van der Waals surface area contributed by atoms with Crippen LogP contribution in [0.25, 0.3) is 16.8 Å². The van der Waals surface area contributed by atoms with E-state index < -0.39 is 11.9 Å². The van der Waals surface area contributed by atoms with Crippen molar-refractivity contribution in [1.82, 2.24) is 34.7 Å². The van der Waals surface area contributed by atoms with Gasteiger partial charge in [0.1, 0.15) is 11.4 Å². The van der Waals surface area contributed by atoms with Gasteiger partial charge in [-0.3, -0.25) is 14.5 Å². The molecule has 2 atom stereocenters. The highest BCUT2D eigenvalue weighted by molar-refractivity contribution is 5.95. The molecule has 0 aromatic carbocycles. The van der Waals surface area contributed by atoms with E-state index in [0.717, 1.165) is 12.5 Å². The Hall–Kier alpha value is -3.96. The Labute approximate surface area is 205 Å². The third-order valence-electron chi connectivity index (χ3n) is 5.95. The number of nitrogens with zero attached hydrogens (tertiary/aromatic N) is 6. The summed E-state index contributed by atoms with van der Waals surface area (Å²) >= 11 is 0. The first-order valence-corrected chi connectivity index (χ1v) is 11.5. The van der Waals surface area contributed by atoms with Crippen molar-refractivity contribution >= 4 is 17.5 Å². The van der Waals surface area contributed by atoms with Crippen molar-refractivity contribution in [2.45, 2.75) is 52.4 Å². The first-order chi connectivity index (χ1) is 17.0. The summed E-state index contributed by atoms with van der Waals surface area (Å²) in [6.45, 7) is 7.77. The molecule has 0 aliphatic rings. The minimum atomic E-state index is -4.51. The Balaban J connectivity index is 1.72. The van der Waals surface area contributed by atoms with E-state index in [-0.39, 0.29) is 35.6 Å². The smallest absolute Gasteiger partial charge is 0.366 e. The van der Waals surface area contributed by atoms with E-state index in [2.05, 4.69) is 25.5 Å². The Morgan fingerprint density at radius 2 is 1.89 bits per heavy atom. The van der Waals surface area contributed by atoms with Crippen molar-refractivity contribution < 1.29 is 18.0 Å². The molecule has 4 aromatic heterocycles. The number of hydrogen-bond acceptors (Lipinski definition) is 6. The quantitative estimate of drug-likeness (QED) is 0.390. The zero-order chi connectivity index (χ0) is 26.2. The highest BCUT2D eigenvalue weighted by atomic mass is 19.4. The summed E-state index contributed by atoms with van der Waals surface area (Å²) in [5.41, 5.74) is 7.48. The third kappa shape index (κ3) is 5.02. The van der Waals surface area contributed by atoms with Crippen LogP contribution in [0.2, 0.25) is 0 Å². The topological polar surface area (TPSA) is 116 Å². The number of alkyl halides is 3. The van der Waals surface area contributed by atoms with E-state index in [1.807, 2.05) is 27.7 Å². The summed E-state index contributed by atoms with van der Waals surface area (Å²) in [5, 5.41) is 11.5. The van der Waals surface area contributed by atoms with Crippen molar-refractivity contribution in [3.05, 3.63) is 59.8 Å². The Kier molecular flexibility index (Phi) is 6.70. The number of fused-ring (bicyclic) bond motifs is 1. The first-order valence-electron chi connectivity index (χ1n) is 11.5. The maximum atomic E-state index is 13.0. The average molecular weight is 501 g/mol. The molecule has 0 bridgehead atoms. The van der Waals surface area contributed by atoms with Crippen molar-refractivity contribution in [2.24, 2.45) is 5.92 Å². The highest BCUT2D eigenvalue weighted by Gasteiger charge is 2.32. The van der Waals surface area contributed by atoms with Crippen molar-refractivity contribution in [3.63, 3.8) is 0 Å². The highest BCUT2D eigenvalue weighted by Crippen LogP contribution is 2.32. The van der Waals surface area contributed by atoms with Gasteiger partial charge in [0, 0.05) is 24.0 Å². The van der Waals surface area contributed by atoms with Gasteiger partial charge in [-0.25, -0.2) is 4.52 Å². The molecule has 4 heterocycles. The van der Waals surface area contributed by atoms with Gasteiger partial charge in [-0.2, -0.15) is 23.3 Å². The SMILES string of the molecule is CC[C@H](C)NC(=O)c1cc(-c2cnn([C@H](c3ccc(C(F)(F)F)nc3)C(C)C)c2)cc2nc(N)nn12. The molecule has 0 spiro atoms. The number of nitrogen functional groups attached to an aromatic ring is 1. The maximum Gasteiger partial charge on any atom is 0.433 e. The summed E-state index contributed by atoms with van der Waals surface area (Å²) in [6.07, 6.45) is 0.903. The lowest BCUT2D eigenvalue weighted by Gasteiger charge is -2.22. The molecule has 0 aliphatic carbocycles. The van der Waals surface area contributed by atoms with Crippen LogP contribution in [0.3, 0.4) is 0 Å². The third-order valence-corrected chi connectivity index (χ3v) is 5.95. The number of carbonyl (C=O) groups excluding carboxylic acids is 1. The van der Waals surface area contributed by atoms with E-state index in [4.69, 9.17) is 5.73 Å². The number of nitrogens with one attached hydrogen (secondary N) is 1. The van der Waals surface area contributed by atoms with Crippen LogP contribution in [-0.4, -0.2) is 41.3 Å². The summed E-state index contributed by atoms with van der Waals surface area (Å²) in [4.78, 5) is 20.8. The largest absolute Gasteiger partial charge is 0.433 e. The summed E-state index contributed by atoms with van der Waals surface area (Å²) in [7, 11) is 0. The molecule has 0 radical (unpaired) electrons. The summed E-state index contributed by atoms with van der Waals surface area (Å²) in [5.74, 6) is -0.272. The van der Waals surface area contributed by atoms with Gasteiger partial charge >= 0.3 is 6.18 Å². The van der Waals surface area contributed by atoms with E-state index in [9.17, 15) is 18.0 Å². The molecule has 0 unspecified atom stereocenters. The lowest BCUT2D eigenvalue weighted by Crippen LogP contribution is -2.33. The van der Waals surface area contributed by atoms with Crippen LogP contribution in [0, 0.1) is 5.92 Å². The molecule has 9 nitrogen and oxygen atoms in total. The van der Waals surface area contributed by atoms with Gasteiger partial charge in [0.15, 0.2) is 5.65 Å². The lowest BCUT2D eigenvalue weighted by atomic mass is 9.97. The second-order valence-corrected chi connectivity index (χ2v) is 9.02. The molecule has 12 heteroatoms. The normalized spacial score (nSPS) is 13.8. The van der Waals surface area contributed by atoms with Crippen molar-refractivity contribution in [1.29, 1.82) is 0 Å². The Morgan fingerprint density at radius 1 is 1.14 bits per heavy atom. The molecule has 1 amide bonds. The molecule has 190 valence electrons. The van der Waals surface area contributed by atoms with Gasteiger partial charge in [-0.15, -0.1) is 5.10 Å². The number of hydrogen-bond donors (Lipinski definition) is 2. The Morgan fingerprint density at radius 3 is 2.50 bits per heavy atom. The molecule has 0 saturated carbocycles. The zero-order valence-corrected chi connectivity index (χ0v) is 20.3. The predicted octanol–water partition coefficient (Wildman–Crippen LogP) is 4.36. The number of carbonyl (C=O) groups is 1. The van der Waals surface area contributed by atoms with Gasteiger partial charge in [0.2, 0.25) is 5.95 Å². The van der Waals surface area contributed by atoms with Crippen molar-refractivity contribution in [2.75, 3.05) is 5.73 Å². The predicted molar refractivity (Wildman–Crippen MR) is 128 cm³/mol. The number of halogens is 3. The van der Waals surface area contributed by atoms with Crippen LogP contribution in [0.15, 0.2) is 42.9 Å². The molecule has 4 aromatic rings. The molecule has 3 N–H and O–H groups in total.